The van der Waals surface area contributed by atoms with E-state index in [1.807, 2.05) is 6.07 Å². The van der Waals surface area contributed by atoms with Gasteiger partial charge in [-0.25, -0.2) is 4.39 Å². The highest BCUT2D eigenvalue weighted by atomic mass is 19.1. The van der Waals surface area contributed by atoms with Crippen molar-refractivity contribution in [3.8, 4) is 0 Å². The van der Waals surface area contributed by atoms with Crippen LogP contribution in [0.1, 0.15) is 12.0 Å². The molecule has 1 aliphatic heterocycles. The summed E-state index contributed by atoms with van der Waals surface area (Å²) in [5.41, 5.74) is 7.34. The molecule has 2 rings (SSSR count). The van der Waals surface area contributed by atoms with Crippen LogP contribution in [0.5, 0.6) is 0 Å². The molecule has 2 unspecified atom stereocenters. The summed E-state index contributed by atoms with van der Waals surface area (Å²) in [5, 5.41) is 0. The summed E-state index contributed by atoms with van der Waals surface area (Å²) in [5.74, 6) is -0.184. The number of nitrogens with zero attached hydrogens (tertiary/aromatic N) is 2. The van der Waals surface area contributed by atoms with Crippen LogP contribution in [-0.4, -0.2) is 55.6 Å². The smallest absolute Gasteiger partial charge is 0.123 e. The monoisotopic (exact) mass is 265 g/mol. The number of halogens is 1. The van der Waals surface area contributed by atoms with E-state index in [1.165, 1.54) is 12.5 Å². The average molecular weight is 265 g/mol. The van der Waals surface area contributed by atoms with E-state index in [4.69, 9.17) is 5.73 Å². The molecule has 19 heavy (non-hydrogen) atoms. The number of nitrogens with two attached hydrogens (primary N) is 1. The van der Waals surface area contributed by atoms with Gasteiger partial charge in [-0.05, 0) is 57.7 Å². The quantitative estimate of drug-likeness (QED) is 0.895. The molecular weight excluding hydrogens is 241 g/mol. The van der Waals surface area contributed by atoms with Crippen molar-refractivity contribution in [2.45, 2.75) is 24.9 Å². The van der Waals surface area contributed by atoms with Gasteiger partial charge in [0.2, 0.25) is 0 Å². The lowest BCUT2D eigenvalue weighted by Crippen LogP contribution is -2.51. The molecule has 0 aliphatic carbocycles. The van der Waals surface area contributed by atoms with Crippen LogP contribution in [0.4, 0.5) is 4.39 Å². The molecule has 0 aromatic heterocycles. The highest BCUT2D eigenvalue weighted by molar-refractivity contribution is 5.18. The molecule has 0 spiro atoms. The molecule has 0 saturated carbocycles. The summed E-state index contributed by atoms with van der Waals surface area (Å²) in [6.07, 6.45) is 1.90. The molecule has 1 heterocycles. The van der Waals surface area contributed by atoms with Crippen molar-refractivity contribution in [3.05, 3.63) is 35.6 Å². The summed E-state index contributed by atoms with van der Waals surface area (Å²) >= 11 is 0. The van der Waals surface area contributed by atoms with Crippen LogP contribution in [-0.2, 0) is 6.42 Å². The van der Waals surface area contributed by atoms with Crippen molar-refractivity contribution < 1.29 is 4.39 Å². The molecule has 1 aliphatic rings. The largest absolute Gasteiger partial charge is 0.326 e. The van der Waals surface area contributed by atoms with E-state index in [9.17, 15) is 4.39 Å². The predicted octanol–water partition coefficient (Wildman–Crippen LogP) is 1.33. The van der Waals surface area contributed by atoms with Gasteiger partial charge in [0.05, 0.1) is 0 Å². The maximum atomic E-state index is 13.2. The Balaban J connectivity index is 2.03. The van der Waals surface area contributed by atoms with Crippen molar-refractivity contribution in [1.82, 2.24) is 9.80 Å². The molecule has 2 atom stereocenters. The summed E-state index contributed by atoms with van der Waals surface area (Å²) in [7, 11) is 4.27. The average Bonchev–Trinajstić information content (AvgIpc) is 2.51. The number of hydrogen-bond donors (Lipinski definition) is 1. The maximum absolute atomic E-state index is 13.2. The zero-order valence-electron chi connectivity index (χ0n) is 11.8. The van der Waals surface area contributed by atoms with Gasteiger partial charge >= 0.3 is 0 Å². The van der Waals surface area contributed by atoms with Crippen LogP contribution < -0.4 is 5.73 Å². The van der Waals surface area contributed by atoms with Gasteiger partial charge in [0.15, 0.2) is 0 Å². The zero-order chi connectivity index (χ0) is 13.8. The van der Waals surface area contributed by atoms with E-state index in [2.05, 4.69) is 23.9 Å². The molecule has 0 amide bonds. The molecule has 2 N–H and O–H groups in total. The Morgan fingerprint density at radius 1 is 1.37 bits per heavy atom. The van der Waals surface area contributed by atoms with Gasteiger partial charge in [-0.3, -0.25) is 0 Å². The number of rotatable bonds is 3. The van der Waals surface area contributed by atoms with Gasteiger partial charge in [-0.2, -0.15) is 0 Å². The molecule has 4 heteroatoms. The fraction of sp³-hybridized carbons (Fsp3) is 0.600. The Morgan fingerprint density at radius 2 is 2.16 bits per heavy atom. The fourth-order valence-electron chi connectivity index (χ4n) is 2.84. The second kappa shape index (κ2) is 6.46. The van der Waals surface area contributed by atoms with Crippen LogP contribution in [0, 0.1) is 5.82 Å². The summed E-state index contributed by atoms with van der Waals surface area (Å²) < 4.78 is 13.2. The predicted molar refractivity (Wildman–Crippen MR) is 76.6 cm³/mol. The first-order valence-electron chi connectivity index (χ1n) is 6.95. The van der Waals surface area contributed by atoms with Crippen LogP contribution in [0.3, 0.4) is 0 Å². The first kappa shape index (κ1) is 14.4. The maximum Gasteiger partial charge on any atom is 0.123 e. The van der Waals surface area contributed by atoms with Crippen molar-refractivity contribution in [3.63, 3.8) is 0 Å². The topological polar surface area (TPSA) is 32.5 Å². The van der Waals surface area contributed by atoms with Crippen LogP contribution >= 0.6 is 0 Å². The standard InChI is InChI=1S/C15H24FN3/c1-18-7-4-8-19(2)15(11-18)14(17)10-12-5-3-6-13(16)9-12/h3,5-6,9,14-15H,4,7-8,10-11,17H2,1-2H3. The fourth-order valence-corrected chi connectivity index (χ4v) is 2.84. The van der Waals surface area contributed by atoms with Gasteiger partial charge in [0.1, 0.15) is 5.82 Å². The van der Waals surface area contributed by atoms with Crippen LogP contribution in [0.15, 0.2) is 24.3 Å². The molecule has 1 aromatic carbocycles. The Bertz CT molecular complexity index is 410. The molecule has 0 radical (unpaired) electrons. The minimum absolute atomic E-state index is 0.0346. The second-order valence-corrected chi connectivity index (χ2v) is 5.66. The molecule has 1 aromatic rings. The van der Waals surface area contributed by atoms with Crippen LogP contribution in [0.25, 0.3) is 0 Å². The van der Waals surface area contributed by atoms with Crippen LogP contribution in [0.2, 0.25) is 0 Å². The van der Waals surface area contributed by atoms with Gasteiger partial charge in [0, 0.05) is 18.6 Å². The van der Waals surface area contributed by atoms with E-state index in [-0.39, 0.29) is 11.9 Å². The lowest BCUT2D eigenvalue weighted by molar-refractivity contribution is 0.195. The van der Waals surface area contributed by atoms with E-state index < -0.39 is 0 Å². The Labute approximate surface area is 115 Å². The Kier molecular flexibility index (Phi) is 4.91. The molecule has 3 nitrogen and oxygen atoms in total. The van der Waals surface area contributed by atoms with Crippen molar-refractivity contribution in [2.24, 2.45) is 5.73 Å². The highest BCUT2D eigenvalue weighted by Crippen LogP contribution is 2.13. The first-order chi connectivity index (χ1) is 9.06. The summed E-state index contributed by atoms with van der Waals surface area (Å²) in [4.78, 5) is 4.67. The van der Waals surface area contributed by atoms with Gasteiger partial charge in [0.25, 0.3) is 0 Å². The first-order valence-corrected chi connectivity index (χ1v) is 6.95. The molecule has 106 valence electrons. The van der Waals surface area contributed by atoms with Crippen molar-refractivity contribution in [1.29, 1.82) is 0 Å². The second-order valence-electron chi connectivity index (χ2n) is 5.66. The number of hydrogen-bond acceptors (Lipinski definition) is 3. The van der Waals surface area contributed by atoms with E-state index in [0.29, 0.717) is 6.04 Å². The molecule has 0 bridgehead atoms. The lowest BCUT2D eigenvalue weighted by Gasteiger charge is -2.32. The molecular formula is C15H24FN3. The van der Waals surface area contributed by atoms with Gasteiger partial charge in [-0.1, -0.05) is 12.1 Å². The number of likely N-dealkylation sites (N-methyl/N-ethyl adjacent to an activating group) is 2. The van der Waals surface area contributed by atoms with E-state index in [0.717, 1.165) is 31.6 Å². The third-order valence-electron chi connectivity index (χ3n) is 3.97. The van der Waals surface area contributed by atoms with Gasteiger partial charge < -0.3 is 15.5 Å². The lowest BCUT2D eigenvalue weighted by atomic mass is 9.99. The highest BCUT2D eigenvalue weighted by Gasteiger charge is 2.26. The molecule has 1 fully saturated rings. The Hall–Kier alpha value is -0.970. The van der Waals surface area contributed by atoms with E-state index in [1.54, 1.807) is 12.1 Å². The minimum Gasteiger partial charge on any atom is -0.326 e. The minimum atomic E-state index is -0.184. The van der Waals surface area contributed by atoms with Gasteiger partial charge in [-0.15, -0.1) is 0 Å². The normalized spacial score (nSPS) is 24.1. The summed E-state index contributed by atoms with van der Waals surface area (Å²) in [6.45, 7) is 3.17. The SMILES string of the molecule is CN1CCCN(C)C(C(N)Cc2cccc(F)c2)C1. The summed E-state index contributed by atoms with van der Waals surface area (Å²) in [6, 6.07) is 7.12. The number of benzene rings is 1. The zero-order valence-corrected chi connectivity index (χ0v) is 11.8. The third kappa shape index (κ3) is 4.00. The van der Waals surface area contributed by atoms with Crippen molar-refractivity contribution in [2.75, 3.05) is 33.7 Å². The Morgan fingerprint density at radius 3 is 2.89 bits per heavy atom. The molecule has 1 saturated heterocycles. The van der Waals surface area contributed by atoms with Crippen molar-refractivity contribution >= 4 is 0 Å². The van der Waals surface area contributed by atoms with E-state index >= 15 is 0 Å². The third-order valence-corrected chi connectivity index (χ3v) is 3.97.